The molecule has 0 bridgehead atoms. The number of carbonyl (C=O) groups is 1. The maximum absolute atomic E-state index is 12.7. The molecule has 1 atom stereocenters. The normalized spacial score (nSPS) is 12.0. The second-order valence-electron chi connectivity index (χ2n) is 6.37. The number of methoxy groups -OCH3 is 1. The molecule has 0 saturated heterocycles. The number of nitrogens with zero attached hydrogens (tertiary/aromatic N) is 2. The van der Waals surface area contributed by atoms with Gasteiger partial charge in [0.15, 0.2) is 0 Å². The van der Waals surface area contributed by atoms with E-state index in [2.05, 4.69) is 15.5 Å². The molecular formula is C20H20ClN3O3. The van der Waals surface area contributed by atoms with Crippen molar-refractivity contribution in [1.29, 1.82) is 0 Å². The summed E-state index contributed by atoms with van der Waals surface area (Å²) >= 11 is 6.11. The average molecular weight is 386 g/mol. The van der Waals surface area contributed by atoms with Crippen molar-refractivity contribution in [2.75, 3.05) is 7.11 Å². The largest absolute Gasteiger partial charge is 0.495 e. The summed E-state index contributed by atoms with van der Waals surface area (Å²) in [5, 5.41) is 7.35. The van der Waals surface area contributed by atoms with E-state index < -0.39 is 6.04 Å². The number of carbonyl (C=O) groups excluding carboxylic acids is 1. The highest BCUT2D eigenvalue weighted by Gasteiger charge is 2.25. The minimum atomic E-state index is -0.427. The lowest BCUT2D eigenvalue weighted by Gasteiger charge is -2.18. The van der Waals surface area contributed by atoms with Crippen molar-refractivity contribution < 1.29 is 14.1 Å². The molecule has 6 nitrogen and oxygen atoms in total. The van der Waals surface area contributed by atoms with E-state index in [1.807, 2.05) is 44.2 Å². The van der Waals surface area contributed by atoms with Gasteiger partial charge in [0.25, 0.3) is 5.91 Å². The standard InChI is InChI=1S/C20H20ClN3O3/c1-12(2)17(20-23-18(24-27-20)13-7-5-4-6-8-13)22-19(25)14-9-10-16(26-3)15(21)11-14/h4-12,17H,1-3H3,(H,22,25). The summed E-state index contributed by atoms with van der Waals surface area (Å²) < 4.78 is 10.5. The van der Waals surface area contributed by atoms with Gasteiger partial charge in [-0.25, -0.2) is 0 Å². The second-order valence-corrected chi connectivity index (χ2v) is 6.77. The molecule has 2 aromatic carbocycles. The van der Waals surface area contributed by atoms with Crippen LogP contribution in [0.4, 0.5) is 0 Å². The fraction of sp³-hybridized carbons (Fsp3) is 0.250. The van der Waals surface area contributed by atoms with E-state index in [0.29, 0.717) is 28.1 Å². The van der Waals surface area contributed by atoms with Gasteiger partial charge in [-0.05, 0) is 24.1 Å². The number of halogens is 1. The third-order valence-corrected chi connectivity index (χ3v) is 4.40. The maximum atomic E-state index is 12.7. The van der Waals surface area contributed by atoms with Crippen LogP contribution in [0.1, 0.15) is 36.1 Å². The smallest absolute Gasteiger partial charge is 0.251 e. The lowest BCUT2D eigenvalue weighted by molar-refractivity contribution is 0.0914. The summed E-state index contributed by atoms with van der Waals surface area (Å²) in [6, 6.07) is 14.0. The Labute approximate surface area is 162 Å². The Kier molecular flexibility index (Phi) is 5.76. The molecule has 0 aliphatic heterocycles. The second kappa shape index (κ2) is 8.22. The third-order valence-electron chi connectivity index (χ3n) is 4.11. The van der Waals surface area contributed by atoms with Crippen LogP contribution in [0.2, 0.25) is 5.02 Å². The van der Waals surface area contributed by atoms with Crippen molar-refractivity contribution in [3.8, 4) is 17.1 Å². The zero-order valence-corrected chi connectivity index (χ0v) is 16.0. The molecule has 1 unspecified atom stereocenters. The van der Waals surface area contributed by atoms with E-state index in [-0.39, 0.29) is 11.8 Å². The molecule has 1 aromatic heterocycles. The predicted molar refractivity (Wildman–Crippen MR) is 103 cm³/mol. The Bertz CT molecular complexity index is 925. The van der Waals surface area contributed by atoms with Crippen LogP contribution in [-0.4, -0.2) is 23.2 Å². The van der Waals surface area contributed by atoms with Crippen LogP contribution in [0.3, 0.4) is 0 Å². The maximum Gasteiger partial charge on any atom is 0.251 e. The van der Waals surface area contributed by atoms with Gasteiger partial charge in [-0.15, -0.1) is 0 Å². The quantitative estimate of drug-likeness (QED) is 0.674. The van der Waals surface area contributed by atoms with Crippen LogP contribution in [0.25, 0.3) is 11.4 Å². The Hall–Kier alpha value is -2.86. The van der Waals surface area contributed by atoms with Crippen molar-refractivity contribution in [2.45, 2.75) is 19.9 Å². The Morgan fingerprint density at radius 3 is 2.56 bits per heavy atom. The average Bonchev–Trinajstić information content (AvgIpc) is 3.16. The molecule has 0 radical (unpaired) electrons. The number of nitrogens with one attached hydrogen (secondary N) is 1. The van der Waals surface area contributed by atoms with Crippen LogP contribution in [0, 0.1) is 5.92 Å². The van der Waals surface area contributed by atoms with Crippen LogP contribution in [0.5, 0.6) is 5.75 Å². The molecule has 0 fully saturated rings. The molecule has 140 valence electrons. The highest BCUT2D eigenvalue weighted by molar-refractivity contribution is 6.32. The number of benzene rings is 2. The third kappa shape index (κ3) is 4.28. The topological polar surface area (TPSA) is 77.2 Å². The summed E-state index contributed by atoms with van der Waals surface area (Å²) in [6.07, 6.45) is 0. The number of rotatable bonds is 6. The van der Waals surface area contributed by atoms with Crippen molar-refractivity contribution in [1.82, 2.24) is 15.5 Å². The van der Waals surface area contributed by atoms with E-state index in [1.54, 1.807) is 18.2 Å². The lowest BCUT2D eigenvalue weighted by atomic mass is 10.0. The minimum Gasteiger partial charge on any atom is -0.495 e. The molecule has 1 amide bonds. The monoisotopic (exact) mass is 385 g/mol. The molecule has 27 heavy (non-hydrogen) atoms. The van der Waals surface area contributed by atoms with Crippen LogP contribution < -0.4 is 10.1 Å². The molecule has 0 aliphatic carbocycles. The zero-order chi connectivity index (χ0) is 19.4. The first-order valence-corrected chi connectivity index (χ1v) is 8.91. The molecule has 1 heterocycles. The Morgan fingerprint density at radius 2 is 1.93 bits per heavy atom. The first kappa shape index (κ1) is 18.9. The van der Waals surface area contributed by atoms with E-state index in [4.69, 9.17) is 20.9 Å². The Morgan fingerprint density at radius 1 is 1.19 bits per heavy atom. The number of aromatic nitrogens is 2. The van der Waals surface area contributed by atoms with Gasteiger partial charge in [0.1, 0.15) is 11.8 Å². The number of amides is 1. The summed E-state index contributed by atoms with van der Waals surface area (Å²) in [6.45, 7) is 3.94. The molecule has 3 rings (SSSR count). The number of hydrogen-bond donors (Lipinski definition) is 1. The van der Waals surface area contributed by atoms with Crippen LogP contribution in [0.15, 0.2) is 53.1 Å². The minimum absolute atomic E-state index is 0.0479. The van der Waals surface area contributed by atoms with Gasteiger partial charge in [-0.3, -0.25) is 4.79 Å². The fourth-order valence-electron chi connectivity index (χ4n) is 2.61. The van der Waals surface area contributed by atoms with Crippen LogP contribution >= 0.6 is 11.6 Å². The predicted octanol–water partition coefficient (Wildman–Crippen LogP) is 4.53. The summed E-state index contributed by atoms with van der Waals surface area (Å²) in [7, 11) is 1.52. The van der Waals surface area contributed by atoms with Crippen LogP contribution in [-0.2, 0) is 0 Å². The zero-order valence-electron chi connectivity index (χ0n) is 15.3. The molecule has 3 aromatic rings. The van der Waals surface area contributed by atoms with Crippen molar-refractivity contribution >= 4 is 17.5 Å². The van der Waals surface area contributed by atoms with Gasteiger partial charge in [0.05, 0.1) is 12.1 Å². The van der Waals surface area contributed by atoms with Crippen molar-refractivity contribution in [3.63, 3.8) is 0 Å². The summed E-state index contributed by atoms with van der Waals surface area (Å²) in [5.74, 6) is 1.12. The highest BCUT2D eigenvalue weighted by atomic mass is 35.5. The van der Waals surface area contributed by atoms with Gasteiger partial charge < -0.3 is 14.6 Å². The molecule has 0 spiro atoms. The number of hydrogen-bond acceptors (Lipinski definition) is 5. The van der Waals surface area contributed by atoms with E-state index in [1.165, 1.54) is 7.11 Å². The molecule has 7 heteroatoms. The van der Waals surface area contributed by atoms with Crippen molar-refractivity contribution in [2.24, 2.45) is 5.92 Å². The van der Waals surface area contributed by atoms with Crippen molar-refractivity contribution in [3.05, 3.63) is 65.0 Å². The van der Waals surface area contributed by atoms with Gasteiger partial charge in [0, 0.05) is 11.1 Å². The van der Waals surface area contributed by atoms with Gasteiger partial charge in [-0.1, -0.05) is 60.9 Å². The first-order valence-electron chi connectivity index (χ1n) is 8.53. The lowest BCUT2D eigenvalue weighted by Crippen LogP contribution is -2.32. The molecule has 1 N–H and O–H groups in total. The van der Waals surface area contributed by atoms with E-state index in [0.717, 1.165) is 5.56 Å². The molecule has 0 saturated carbocycles. The number of ether oxygens (including phenoxy) is 1. The fourth-order valence-corrected chi connectivity index (χ4v) is 2.87. The highest BCUT2D eigenvalue weighted by Crippen LogP contribution is 2.27. The summed E-state index contributed by atoms with van der Waals surface area (Å²) in [5.41, 5.74) is 1.28. The molecule has 0 aliphatic rings. The SMILES string of the molecule is COc1ccc(C(=O)NC(c2nc(-c3ccccc3)no2)C(C)C)cc1Cl. The van der Waals surface area contributed by atoms with E-state index in [9.17, 15) is 4.79 Å². The van der Waals surface area contributed by atoms with Gasteiger partial charge in [-0.2, -0.15) is 4.98 Å². The first-order chi connectivity index (χ1) is 13.0. The van der Waals surface area contributed by atoms with Gasteiger partial charge in [0.2, 0.25) is 11.7 Å². The summed E-state index contributed by atoms with van der Waals surface area (Å²) in [4.78, 5) is 17.1. The van der Waals surface area contributed by atoms with Gasteiger partial charge >= 0.3 is 0 Å². The molecular weight excluding hydrogens is 366 g/mol. The van der Waals surface area contributed by atoms with E-state index >= 15 is 0 Å². The Balaban J connectivity index is 1.81.